The zero-order valence-corrected chi connectivity index (χ0v) is 13.8. The van der Waals surface area contributed by atoms with Crippen LogP contribution < -0.4 is 5.32 Å². The molecule has 2 rings (SSSR count). The van der Waals surface area contributed by atoms with Crippen molar-refractivity contribution in [2.75, 3.05) is 6.61 Å². The normalized spacial score (nSPS) is 13.5. The molecule has 2 aromatic rings. The molecule has 3 nitrogen and oxygen atoms in total. The largest absolute Gasteiger partial charge is 0.394 e. The smallest absolute Gasteiger partial charge is 0.253 e. The first-order chi connectivity index (χ1) is 9.96. The molecule has 1 atom stereocenters. The van der Waals surface area contributed by atoms with E-state index in [0.717, 1.165) is 5.56 Å². The minimum Gasteiger partial charge on any atom is -0.394 e. The molecule has 0 aliphatic rings. The van der Waals surface area contributed by atoms with Gasteiger partial charge in [-0.05, 0) is 46.6 Å². The Balaban J connectivity index is 2.30. The van der Waals surface area contributed by atoms with E-state index < -0.39 is 5.54 Å². The molecule has 5 heteroatoms. The topological polar surface area (TPSA) is 49.3 Å². The van der Waals surface area contributed by atoms with E-state index in [9.17, 15) is 9.90 Å². The molecule has 2 aromatic carbocycles. The lowest BCUT2D eigenvalue weighted by Crippen LogP contribution is -2.46. The van der Waals surface area contributed by atoms with Crippen molar-refractivity contribution in [2.24, 2.45) is 0 Å². The number of amides is 1. The van der Waals surface area contributed by atoms with Crippen LogP contribution in [-0.2, 0) is 5.54 Å². The Morgan fingerprint density at radius 1 is 1.29 bits per heavy atom. The fraction of sp³-hybridized carbons (Fsp3) is 0.188. The van der Waals surface area contributed by atoms with E-state index in [1.165, 1.54) is 0 Å². The van der Waals surface area contributed by atoms with Crippen LogP contribution in [0.25, 0.3) is 0 Å². The second-order valence-electron chi connectivity index (χ2n) is 4.93. The Kier molecular flexibility index (Phi) is 5.04. The Labute approximate surface area is 137 Å². The number of hydrogen-bond acceptors (Lipinski definition) is 2. The van der Waals surface area contributed by atoms with Gasteiger partial charge in [0.05, 0.1) is 17.7 Å². The molecule has 0 aromatic heterocycles. The highest BCUT2D eigenvalue weighted by Crippen LogP contribution is 2.24. The molecule has 0 radical (unpaired) electrons. The average molecular weight is 369 g/mol. The number of rotatable bonds is 4. The summed E-state index contributed by atoms with van der Waals surface area (Å²) in [7, 11) is 0. The van der Waals surface area contributed by atoms with Gasteiger partial charge in [-0.1, -0.05) is 41.9 Å². The Bertz CT molecular complexity index is 648. The van der Waals surface area contributed by atoms with Crippen LogP contribution >= 0.6 is 27.5 Å². The number of aliphatic hydroxyl groups excluding tert-OH is 1. The summed E-state index contributed by atoms with van der Waals surface area (Å²) >= 11 is 9.27. The van der Waals surface area contributed by atoms with Crippen molar-refractivity contribution in [3.05, 3.63) is 69.2 Å². The van der Waals surface area contributed by atoms with Gasteiger partial charge in [0.1, 0.15) is 0 Å². The molecule has 0 bridgehead atoms. The highest BCUT2D eigenvalue weighted by Gasteiger charge is 2.28. The second-order valence-corrected chi connectivity index (χ2v) is 6.23. The van der Waals surface area contributed by atoms with E-state index in [1.807, 2.05) is 30.3 Å². The van der Waals surface area contributed by atoms with Gasteiger partial charge in [-0.15, -0.1) is 0 Å². The van der Waals surface area contributed by atoms with Gasteiger partial charge in [0, 0.05) is 9.50 Å². The van der Waals surface area contributed by atoms with Crippen molar-refractivity contribution in [1.29, 1.82) is 0 Å². The predicted octanol–water partition coefficient (Wildman–Crippen LogP) is 3.74. The van der Waals surface area contributed by atoms with Crippen molar-refractivity contribution in [3.8, 4) is 0 Å². The van der Waals surface area contributed by atoms with E-state index in [0.29, 0.717) is 15.1 Å². The maximum atomic E-state index is 12.5. The molecule has 110 valence electrons. The van der Waals surface area contributed by atoms with Gasteiger partial charge < -0.3 is 10.4 Å². The van der Waals surface area contributed by atoms with E-state index in [2.05, 4.69) is 21.2 Å². The lowest BCUT2D eigenvalue weighted by molar-refractivity contribution is 0.0849. The fourth-order valence-corrected chi connectivity index (χ4v) is 2.60. The first-order valence-electron chi connectivity index (χ1n) is 6.40. The van der Waals surface area contributed by atoms with Crippen molar-refractivity contribution < 1.29 is 9.90 Å². The predicted molar refractivity (Wildman–Crippen MR) is 87.5 cm³/mol. The number of carbonyl (C=O) groups is 1. The van der Waals surface area contributed by atoms with Crippen LogP contribution in [0, 0.1) is 0 Å². The van der Waals surface area contributed by atoms with Crippen LogP contribution in [0.3, 0.4) is 0 Å². The third-order valence-electron chi connectivity index (χ3n) is 3.29. The minimum absolute atomic E-state index is 0.207. The SMILES string of the molecule is CC(CO)(NC(=O)c1cc(Cl)ccc1Br)c1ccccc1. The molecule has 1 amide bonds. The molecule has 0 fully saturated rings. The lowest BCUT2D eigenvalue weighted by atomic mass is 9.92. The molecule has 0 aliphatic heterocycles. The van der Waals surface area contributed by atoms with E-state index in [-0.39, 0.29) is 12.5 Å². The van der Waals surface area contributed by atoms with Crippen LogP contribution in [0.1, 0.15) is 22.8 Å². The van der Waals surface area contributed by atoms with Crippen LogP contribution in [-0.4, -0.2) is 17.6 Å². The molecule has 0 saturated heterocycles. The molecule has 0 spiro atoms. The molecule has 1 unspecified atom stereocenters. The van der Waals surface area contributed by atoms with Crippen molar-refractivity contribution in [2.45, 2.75) is 12.5 Å². The Hall–Kier alpha value is -1.36. The van der Waals surface area contributed by atoms with Crippen molar-refractivity contribution in [3.63, 3.8) is 0 Å². The summed E-state index contributed by atoms with van der Waals surface area (Å²) in [5.74, 6) is -0.301. The first kappa shape index (κ1) is 16.0. The minimum atomic E-state index is -0.861. The van der Waals surface area contributed by atoms with Gasteiger partial charge in [-0.3, -0.25) is 4.79 Å². The number of benzene rings is 2. The van der Waals surface area contributed by atoms with Crippen LogP contribution in [0.15, 0.2) is 53.0 Å². The standard InChI is InChI=1S/C16H15BrClNO2/c1-16(10-20,11-5-3-2-4-6-11)19-15(21)13-9-12(18)7-8-14(13)17/h2-9,20H,10H2,1H3,(H,19,21). The third-order valence-corrected chi connectivity index (χ3v) is 4.22. The van der Waals surface area contributed by atoms with Gasteiger partial charge in [0.2, 0.25) is 0 Å². The second kappa shape index (κ2) is 6.60. The fourth-order valence-electron chi connectivity index (χ4n) is 2.00. The number of hydrogen-bond donors (Lipinski definition) is 2. The molecular formula is C16H15BrClNO2. The van der Waals surface area contributed by atoms with Gasteiger partial charge in [-0.25, -0.2) is 0 Å². The highest BCUT2D eigenvalue weighted by molar-refractivity contribution is 9.10. The summed E-state index contributed by atoms with van der Waals surface area (Å²) in [4.78, 5) is 12.5. The zero-order valence-electron chi connectivity index (χ0n) is 11.4. The monoisotopic (exact) mass is 367 g/mol. The molecule has 0 aliphatic carbocycles. The van der Waals surface area contributed by atoms with E-state index >= 15 is 0 Å². The molecule has 0 saturated carbocycles. The zero-order chi connectivity index (χ0) is 15.5. The number of carbonyl (C=O) groups excluding carboxylic acids is 1. The molecular weight excluding hydrogens is 354 g/mol. The van der Waals surface area contributed by atoms with Crippen molar-refractivity contribution >= 4 is 33.4 Å². The highest BCUT2D eigenvalue weighted by atomic mass is 79.9. The van der Waals surface area contributed by atoms with Crippen molar-refractivity contribution in [1.82, 2.24) is 5.32 Å². The Morgan fingerprint density at radius 2 is 1.95 bits per heavy atom. The summed E-state index contributed by atoms with van der Waals surface area (Å²) in [5, 5.41) is 13.1. The summed E-state index contributed by atoms with van der Waals surface area (Å²) in [6.07, 6.45) is 0. The lowest BCUT2D eigenvalue weighted by Gasteiger charge is -2.29. The van der Waals surface area contributed by atoms with Gasteiger partial charge in [0.15, 0.2) is 0 Å². The van der Waals surface area contributed by atoms with Crippen LogP contribution in [0.4, 0.5) is 0 Å². The molecule has 2 N–H and O–H groups in total. The number of aliphatic hydroxyl groups is 1. The summed E-state index contributed by atoms with van der Waals surface area (Å²) in [6.45, 7) is 1.57. The van der Waals surface area contributed by atoms with Crippen LogP contribution in [0.5, 0.6) is 0 Å². The number of nitrogens with one attached hydrogen (secondary N) is 1. The Morgan fingerprint density at radius 3 is 2.57 bits per heavy atom. The average Bonchev–Trinajstić information content (AvgIpc) is 2.50. The van der Waals surface area contributed by atoms with Gasteiger partial charge in [-0.2, -0.15) is 0 Å². The quantitative estimate of drug-likeness (QED) is 0.863. The summed E-state index contributed by atoms with van der Waals surface area (Å²) in [5.41, 5.74) is 0.400. The molecule has 0 heterocycles. The molecule has 21 heavy (non-hydrogen) atoms. The summed E-state index contributed by atoms with van der Waals surface area (Å²) in [6, 6.07) is 14.4. The maximum Gasteiger partial charge on any atom is 0.253 e. The maximum absolute atomic E-state index is 12.5. The first-order valence-corrected chi connectivity index (χ1v) is 7.57. The van der Waals surface area contributed by atoms with E-state index in [1.54, 1.807) is 25.1 Å². The van der Waals surface area contributed by atoms with E-state index in [4.69, 9.17) is 11.6 Å². The number of halogens is 2. The third kappa shape index (κ3) is 3.64. The van der Waals surface area contributed by atoms with Crippen LogP contribution in [0.2, 0.25) is 5.02 Å². The van der Waals surface area contributed by atoms with Gasteiger partial charge in [0.25, 0.3) is 5.91 Å². The van der Waals surface area contributed by atoms with Gasteiger partial charge >= 0.3 is 0 Å². The summed E-state index contributed by atoms with van der Waals surface area (Å²) < 4.78 is 0.651.